The van der Waals surface area contributed by atoms with Gasteiger partial charge >= 0.3 is 15.2 Å². The Morgan fingerprint density at radius 2 is 1.34 bits per heavy atom. The largest absolute Gasteiger partial charge is 0.467 e. The van der Waals surface area contributed by atoms with Crippen molar-refractivity contribution in [3.63, 3.8) is 0 Å². The molecule has 4 heterocycles. The van der Waals surface area contributed by atoms with Gasteiger partial charge in [-0.05, 0) is 13.8 Å². The smallest absolute Gasteiger partial charge is 0.331 e. The number of nitrogens with zero attached hydrogens (tertiary/aromatic N) is 9. The van der Waals surface area contributed by atoms with Crippen LogP contribution in [0.4, 0.5) is 11.9 Å². The fourth-order valence-electron chi connectivity index (χ4n) is 4.95. The number of nitrogens with one attached hydrogen (secondary N) is 2. The van der Waals surface area contributed by atoms with Gasteiger partial charge in [-0.1, -0.05) is 0 Å². The second-order valence-corrected chi connectivity index (χ2v) is 15.2. The molecule has 0 atom stereocenters. The van der Waals surface area contributed by atoms with Crippen LogP contribution in [-0.2, 0) is 40.8 Å². The molecule has 0 amide bonds. The standard InChI is InChI=1S/C16H26N7O4P.C12H19N6O6P/c1-4-26-28(25,27-5-2)11-10-22(7-6-18-3)8-9-23-12-19-13-14(23)20-16(17)21-15(13)24;13-12-15-10-9(11(20)16-12)14-7-18(10)2-1-17(3-5-24-8-19)4-6-25(21,22)23/h12H,4-11H2,1-2H3,(H3,17,20,21,24);7-8H,1-6H2,(H2,21,22,23)(H3,13,15,16,20). The maximum absolute atomic E-state index is 12.7. The van der Waals surface area contributed by atoms with Crippen molar-refractivity contribution in [3.8, 4) is 0 Å². The number of rotatable bonds is 22. The van der Waals surface area contributed by atoms with Crippen LogP contribution in [-0.4, -0.2) is 143 Å². The van der Waals surface area contributed by atoms with Crippen LogP contribution in [0.25, 0.3) is 27.2 Å². The van der Waals surface area contributed by atoms with Crippen molar-refractivity contribution in [1.29, 1.82) is 0 Å². The Bertz CT molecular complexity index is 2030. The highest BCUT2D eigenvalue weighted by atomic mass is 31.2. The first-order valence-corrected chi connectivity index (χ1v) is 19.9. The number of aromatic amines is 2. The molecular formula is C28H45N13O10P2. The third kappa shape index (κ3) is 13.8. The number of ether oxygens (including phenoxy) is 1. The van der Waals surface area contributed by atoms with E-state index in [2.05, 4.69) is 39.5 Å². The number of H-pyrrole nitrogens is 2. The fraction of sp³-hybridized carbons (Fsp3) is 0.571. The highest BCUT2D eigenvalue weighted by molar-refractivity contribution is 7.53. The summed E-state index contributed by atoms with van der Waals surface area (Å²) in [7, 11) is -7.29. The predicted molar refractivity (Wildman–Crippen MR) is 194 cm³/mol. The second kappa shape index (κ2) is 20.6. The molecule has 0 fully saturated rings. The third-order valence-corrected chi connectivity index (χ3v) is 10.3. The molecule has 0 aromatic carbocycles. The molecule has 23 nitrogen and oxygen atoms in total. The Morgan fingerprint density at radius 1 is 0.849 bits per heavy atom. The number of aromatic nitrogens is 8. The molecule has 53 heavy (non-hydrogen) atoms. The lowest BCUT2D eigenvalue weighted by Crippen LogP contribution is -2.33. The number of carbonyl (C=O) groups excluding carboxylic acids is 1. The number of imidazole rings is 2. The van der Waals surface area contributed by atoms with E-state index in [1.165, 1.54) is 12.7 Å². The average molecular weight is 786 g/mol. The minimum absolute atomic E-state index is 0.0264. The van der Waals surface area contributed by atoms with Crippen molar-refractivity contribution in [2.24, 2.45) is 0 Å². The molecule has 4 aromatic rings. The summed E-state index contributed by atoms with van der Waals surface area (Å²) >= 11 is 0. The van der Waals surface area contributed by atoms with E-state index in [9.17, 15) is 23.5 Å². The van der Waals surface area contributed by atoms with Gasteiger partial charge in [0.15, 0.2) is 22.3 Å². The van der Waals surface area contributed by atoms with E-state index in [4.69, 9.17) is 36.9 Å². The highest BCUT2D eigenvalue weighted by Gasteiger charge is 2.25. The molecule has 0 saturated carbocycles. The van der Waals surface area contributed by atoms with Crippen LogP contribution in [0.3, 0.4) is 0 Å². The van der Waals surface area contributed by atoms with Crippen molar-refractivity contribution in [2.75, 3.05) is 89.4 Å². The molecule has 0 spiro atoms. The minimum Gasteiger partial charge on any atom is -0.467 e. The van der Waals surface area contributed by atoms with Crippen LogP contribution in [0.1, 0.15) is 13.8 Å². The molecule has 4 rings (SSSR count). The summed E-state index contributed by atoms with van der Waals surface area (Å²) in [5.74, 6) is -0.00420. The quantitative estimate of drug-likeness (QED) is 0.0254. The highest BCUT2D eigenvalue weighted by Crippen LogP contribution is 2.47. The molecule has 0 aliphatic heterocycles. The maximum atomic E-state index is 12.7. The van der Waals surface area contributed by atoms with Crippen LogP contribution in [0, 0.1) is 6.57 Å². The van der Waals surface area contributed by atoms with E-state index >= 15 is 0 Å². The summed E-state index contributed by atoms with van der Waals surface area (Å²) in [5.41, 5.74) is 11.4. The van der Waals surface area contributed by atoms with Gasteiger partial charge in [-0.15, -0.1) is 0 Å². The van der Waals surface area contributed by atoms with E-state index in [1.54, 1.807) is 27.9 Å². The summed E-state index contributed by atoms with van der Waals surface area (Å²) in [6, 6.07) is 0. The number of anilines is 2. The van der Waals surface area contributed by atoms with Gasteiger partial charge in [-0.2, -0.15) is 9.97 Å². The lowest BCUT2D eigenvalue weighted by molar-refractivity contribution is -0.129. The number of hydrogen-bond donors (Lipinski definition) is 6. The Kier molecular flexibility index (Phi) is 16.7. The predicted octanol–water partition coefficient (Wildman–Crippen LogP) is -0.456. The first-order chi connectivity index (χ1) is 25.2. The molecule has 0 aliphatic rings. The number of hydrogen-bond acceptors (Lipinski definition) is 16. The summed E-state index contributed by atoms with van der Waals surface area (Å²) in [5, 5.41) is 0. The van der Waals surface area contributed by atoms with Crippen LogP contribution < -0.4 is 22.6 Å². The van der Waals surface area contributed by atoms with Crippen molar-refractivity contribution < 1.29 is 37.5 Å². The SMILES string of the molecule is Nc1nc2c(ncn2CCN(CCOC=O)CCP(=O)(O)O)c(=O)[nH]1.[C-]#[N+]CCN(CCn1cnc2c(=O)[nH]c(N)nc21)CCP(=O)(OCC)OCC. The van der Waals surface area contributed by atoms with Gasteiger partial charge in [0, 0.05) is 45.8 Å². The Hall–Kier alpha value is -4.52. The van der Waals surface area contributed by atoms with E-state index in [1.807, 2.05) is 4.90 Å². The van der Waals surface area contributed by atoms with Crippen molar-refractivity contribution in [3.05, 3.63) is 44.8 Å². The third-order valence-electron chi connectivity index (χ3n) is 7.47. The Morgan fingerprint density at radius 3 is 1.79 bits per heavy atom. The first-order valence-electron chi connectivity index (χ1n) is 16.4. The van der Waals surface area contributed by atoms with Gasteiger partial charge in [0.25, 0.3) is 17.6 Å². The number of nitrogens with two attached hydrogens (primary N) is 2. The van der Waals surface area contributed by atoms with E-state index in [0.717, 1.165) is 0 Å². The van der Waals surface area contributed by atoms with Crippen LogP contribution >= 0.6 is 15.2 Å². The summed E-state index contributed by atoms with van der Waals surface area (Å²) in [4.78, 5) is 80.0. The molecule has 0 bridgehead atoms. The van der Waals surface area contributed by atoms with Gasteiger partial charge in [0.05, 0.1) is 44.7 Å². The average Bonchev–Trinajstić information content (AvgIpc) is 3.69. The lowest BCUT2D eigenvalue weighted by atomic mass is 10.4. The van der Waals surface area contributed by atoms with E-state index < -0.39 is 20.8 Å². The summed E-state index contributed by atoms with van der Waals surface area (Å²) in [6.45, 7) is 15.1. The van der Waals surface area contributed by atoms with Crippen LogP contribution in [0.2, 0.25) is 0 Å². The molecule has 0 saturated heterocycles. The zero-order valence-corrected chi connectivity index (χ0v) is 31.2. The van der Waals surface area contributed by atoms with Crippen LogP contribution in [0.15, 0.2) is 22.2 Å². The molecule has 25 heteroatoms. The number of carbonyl (C=O) groups is 1. The van der Waals surface area contributed by atoms with Crippen molar-refractivity contribution in [2.45, 2.75) is 26.9 Å². The van der Waals surface area contributed by atoms with Gasteiger partial charge in [-0.3, -0.25) is 43.3 Å². The molecule has 4 aromatic heterocycles. The normalized spacial score (nSPS) is 11.9. The maximum Gasteiger partial charge on any atom is 0.331 e. The second-order valence-electron chi connectivity index (χ2n) is 11.2. The minimum atomic E-state index is -4.14. The molecule has 0 unspecified atom stereocenters. The van der Waals surface area contributed by atoms with Crippen molar-refractivity contribution in [1.82, 2.24) is 48.8 Å². The number of nitrogen functional groups attached to an aromatic ring is 2. The van der Waals surface area contributed by atoms with Crippen LogP contribution in [0.5, 0.6) is 0 Å². The van der Waals surface area contributed by atoms with Crippen molar-refractivity contribution >= 4 is 55.9 Å². The first kappa shape index (κ1) is 42.9. The lowest BCUT2D eigenvalue weighted by Gasteiger charge is -2.23. The Labute approximate surface area is 303 Å². The number of fused-ring (bicyclic) bond motifs is 2. The van der Waals surface area contributed by atoms with Gasteiger partial charge in [0.2, 0.25) is 18.4 Å². The summed E-state index contributed by atoms with van der Waals surface area (Å²) < 4.78 is 42.3. The van der Waals surface area contributed by atoms with Gasteiger partial charge in [0.1, 0.15) is 6.61 Å². The molecule has 292 valence electrons. The van der Waals surface area contributed by atoms with Gasteiger partial charge in [-0.25, -0.2) is 16.5 Å². The molecule has 8 N–H and O–H groups in total. The van der Waals surface area contributed by atoms with E-state index in [0.29, 0.717) is 83.3 Å². The topological polar surface area (TPSA) is 309 Å². The molecular weight excluding hydrogens is 740 g/mol. The molecule has 0 radical (unpaired) electrons. The zero-order valence-electron chi connectivity index (χ0n) is 29.4. The summed E-state index contributed by atoms with van der Waals surface area (Å²) in [6.07, 6.45) is 2.89. The Balaban J connectivity index is 0.000000287. The molecule has 0 aliphatic carbocycles. The van der Waals surface area contributed by atoms with E-state index in [-0.39, 0.29) is 54.0 Å². The fourth-order valence-corrected chi connectivity index (χ4v) is 7.15. The zero-order chi connectivity index (χ0) is 39.0. The van der Waals surface area contributed by atoms with Gasteiger partial charge < -0.3 is 49.0 Å². The monoisotopic (exact) mass is 785 g/mol.